The second-order valence-electron chi connectivity index (χ2n) is 5.16. The molecule has 1 heterocycles. The highest BCUT2D eigenvalue weighted by Crippen LogP contribution is 2.33. The molecule has 2 rings (SSSR count). The topological polar surface area (TPSA) is 47.3 Å². The van der Waals surface area contributed by atoms with Gasteiger partial charge in [-0.3, -0.25) is 4.68 Å². The largest absolute Gasteiger partial charge is 0.493 e. The Morgan fingerprint density at radius 1 is 1.50 bits per heavy atom. The van der Waals surface area contributed by atoms with E-state index in [1.807, 2.05) is 11.6 Å². The van der Waals surface area contributed by atoms with E-state index >= 15 is 0 Å². The monoisotopic (exact) mass is 252 g/mol. The molecule has 0 bridgehead atoms. The van der Waals surface area contributed by atoms with E-state index in [4.69, 9.17) is 4.74 Å². The second kappa shape index (κ2) is 6.23. The zero-order valence-electron chi connectivity index (χ0n) is 11.4. The average molecular weight is 252 g/mol. The van der Waals surface area contributed by atoms with Crippen molar-refractivity contribution >= 4 is 0 Å². The average Bonchev–Trinajstić information content (AvgIpc) is 3.04. The number of aryl methyl sites for hydroxylation is 1. The van der Waals surface area contributed by atoms with Crippen LogP contribution >= 0.6 is 0 Å². The lowest BCUT2D eigenvalue weighted by atomic mass is 9.98. The van der Waals surface area contributed by atoms with Crippen molar-refractivity contribution in [3.63, 3.8) is 0 Å². The Bertz CT molecular complexity index is 348. The molecule has 0 aromatic carbocycles. The Morgan fingerprint density at radius 2 is 2.22 bits per heavy atom. The van der Waals surface area contributed by atoms with Crippen molar-refractivity contribution in [3.8, 4) is 5.75 Å². The molecule has 1 aliphatic carbocycles. The maximum absolute atomic E-state index is 10.4. The molecule has 1 aromatic rings. The number of aromatic nitrogens is 2. The Balaban J connectivity index is 1.98. The summed E-state index contributed by atoms with van der Waals surface area (Å²) in [4.78, 5) is 0. The lowest BCUT2D eigenvalue weighted by Gasteiger charge is -2.16. The molecule has 0 spiro atoms. The smallest absolute Gasteiger partial charge is 0.162 e. The third kappa shape index (κ3) is 2.86. The summed E-state index contributed by atoms with van der Waals surface area (Å²) in [5, 5.41) is 14.6. The summed E-state index contributed by atoms with van der Waals surface area (Å²) < 4.78 is 7.11. The standard InChI is InChI=1S/C14H24N2O2/c1-3-16-14(13(18-2)10-15-16)12(17)9-8-11-6-4-5-7-11/h10-12,17H,3-9H2,1-2H3. The van der Waals surface area contributed by atoms with Gasteiger partial charge in [0.05, 0.1) is 19.4 Å². The van der Waals surface area contributed by atoms with Gasteiger partial charge in [-0.2, -0.15) is 5.10 Å². The third-order valence-corrected chi connectivity index (χ3v) is 4.00. The Kier molecular flexibility index (Phi) is 4.64. The molecule has 0 saturated heterocycles. The van der Waals surface area contributed by atoms with Crippen LogP contribution in [0.3, 0.4) is 0 Å². The van der Waals surface area contributed by atoms with E-state index in [2.05, 4.69) is 5.10 Å². The zero-order valence-corrected chi connectivity index (χ0v) is 11.4. The van der Waals surface area contributed by atoms with Crippen LogP contribution in [0.4, 0.5) is 0 Å². The lowest BCUT2D eigenvalue weighted by molar-refractivity contribution is 0.143. The Hall–Kier alpha value is -1.03. The summed E-state index contributed by atoms with van der Waals surface area (Å²) in [6.07, 6.45) is 8.54. The summed E-state index contributed by atoms with van der Waals surface area (Å²) >= 11 is 0. The van der Waals surface area contributed by atoms with Crippen molar-refractivity contribution in [1.29, 1.82) is 0 Å². The molecule has 0 amide bonds. The highest BCUT2D eigenvalue weighted by Gasteiger charge is 2.22. The van der Waals surface area contributed by atoms with Crippen LogP contribution in [0.25, 0.3) is 0 Å². The van der Waals surface area contributed by atoms with Gasteiger partial charge in [0, 0.05) is 6.54 Å². The van der Waals surface area contributed by atoms with E-state index in [0.717, 1.165) is 31.0 Å². The van der Waals surface area contributed by atoms with Gasteiger partial charge in [0.15, 0.2) is 5.75 Å². The van der Waals surface area contributed by atoms with Crippen LogP contribution in [0, 0.1) is 5.92 Å². The predicted molar refractivity (Wildman–Crippen MR) is 70.6 cm³/mol. The van der Waals surface area contributed by atoms with Crippen molar-refractivity contribution < 1.29 is 9.84 Å². The minimum atomic E-state index is -0.456. The van der Waals surface area contributed by atoms with Crippen molar-refractivity contribution in [1.82, 2.24) is 9.78 Å². The number of aliphatic hydroxyl groups is 1. The van der Waals surface area contributed by atoms with Crippen molar-refractivity contribution in [2.75, 3.05) is 7.11 Å². The molecule has 1 aliphatic rings. The minimum Gasteiger partial charge on any atom is -0.493 e. The van der Waals surface area contributed by atoms with E-state index in [-0.39, 0.29) is 0 Å². The number of hydrogen-bond donors (Lipinski definition) is 1. The number of ether oxygens (including phenoxy) is 1. The van der Waals surface area contributed by atoms with Crippen LogP contribution < -0.4 is 4.74 Å². The maximum atomic E-state index is 10.4. The maximum Gasteiger partial charge on any atom is 0.162 e. The lowest BCUT2D eigenvalue weighted by Crippen LogP contribution is -2.10. The van der Waals surface area contributed by atoms with Gasteiger partial charge in [0.2, 0.25) is 0 Å². The molecule has 1 saturated carbocycles. The van der Waals surface area contributed by atoms with E-state index in [1.54, 1.807) is 13.3 Å². The first kappa shape index (κ1) is 13.4. The van der Waals surface area contributed by atoms with Crippen LogP contribution in [0.1, 0.15) is 57.2 Å². The minimum absolute atomic E-state index is 0.456. The summed E-state index contributed by atoms with van der Waals surface area (Å²) in [5.74, 6) is 1.51. The molecule has 102 valence electrons. The molecule has 18 heavy (non-hydrogen) atoms. The first-order valence-corrected chi connectivity index (χ1v) is 7.04. The molecular formula is C14H24N2O2. The van der Waals surface area contributed by atoms with Gasteiger partial charge in [-0.1, -0.05) is 25.7 Å². The quantitative estimate of drug-likeness (QED) is 0.846. The number of aliphatic hydroxyl groups excluding tert-OH is 1. The number of rotatable bonds is 6. The molecule has 1 unspecified atom stereocenters. The Morgan fingerprint density at radius 3 is 2.83 bits per heavy atom. The van der Waals surface area contributed by atoms with Crippen LogP contribution in [0.5, 0.6) is 5.75 Å². The first-order chi connectivity index (χ1) is 8.76. The van der Waals surface area contributed by atoms with Crippen molar-refractivity contribution in [3.05, 3.63) is 11.9 Å². The molecular weight excluding hydrogens is 228 g/mol. The molecule has 1 aromatic heterocycles. The van der Waals surface area contributed by atoms with Gasteiger partial charge in [-0.25, -0.2) is 0 Å². The summed E-state index contributed by atoms with van der Waals surface area (Å²) in [6.45, 7) is 2.79. The van der Waals surface area contributed by atoms with Gasteiger partial charge in [-0.05, 0) is 25.7 Å². The molecule has 4 heteroatoms. The summed E-state index contributed by atoms with van der Waals surface area (Å²) in [6, 6.07) is 0. The summed E-state index contributed by atoms with van der Waals surface area (Å²) in [7, 11) is 1.63. The van der Waals surface area contributed by atoms with Crippen molar-refractivity contribution in [2.24, 2.45) is 5.92 Å². The van der Waals surface area contributed by atoms with E-state index < -0.39 is 6.10 Å². The van der Waals surface area contributed by atoms with E-state index in [9.17, 15) is 5.11 Å². The third-order valence-electron chi connectivity index (χ3n) is 4.00. The zero-order chi connectivity index (χ0) is 13.0. The molecule has 1 N–H and O–H groups in total. The Labute approximate surface area is 109 Å². The molecule has 1 atom stereocenters. The van der Waals surface area contributed by atoms with Gasteiger partial charge >= 0.3 is 0 Å². The predicted octanol–water partition coefficient (Wildman–Crippen LogP) is 2.92. The summed E-state index contributed by atoms with van der Waals surface area (Å²) in [5.41, 5.74) is 0.831. The molecule has 0 radical (unpaired) electrons. The number of methoxy groups -OCH3 is 1. The van der Waals surface area contributed by atoms with Gasteiger partial charge in [0.25, 0.3) is 0 Å². The van der Waals surface area contributed by atoms with Gasteiger partial charge in [-0.15, -0.1) is 0 Å². The van der Waals surface area contributed by atoms with Crippen molar-refractivity contribution in [2.45, 2.75) is 58.1 Å². The van der Waals surface area contributed by atoms with Gasteiger partial charge in [0.1, 0.15) is 5.69 Å². The van der Waals surface area contributed by atoms with E-state index in [1.165, 1.54) is 25.7 Å². The van der Waals surface area contributed by atoms with Crippen LogP contribution in [-0.2, 0) is 6.54 Å². The fraction of sp³-hybridized carbons (Fsp3) is 0.786. The van der Waals surface area contributed by atoms with Crippen LogP contribution in [0.2, 0.25) is 0 Å². The van der Waals surface area contributed by atoms with Crippen LogP contribution in [-0.4, -0.2) is 22.0 Å². The number of hydrogen-bond acceptors (Lipinski definition) is 3. The molecule has 0 aliphatic heterocycles. The number of nitrogens with zero attached hydrogens (tertiary/aromatic N) is 2. The molecule has 1 fully saturated rings. The fourth-order valence-corrected chi connectivity index (χ4v) is 2.95. The highest BCUT2D eigenvalue weighted by molar-refractivity contribution is 5.27. The molecule has 4 nitrogen and oxygen atoms in total. The first-order valence-electron chi connectivity index (χ1n) is 7.04. The fourth-order valence-electron chi connectivity index (χ4n) is 2.95. The van der Waals surface area contributed by atoms with Crippen LogP contribution in [0.15, 0.2) is 6.20 Å². The second-order valence-corrected chi connectivity index (χ2v) is 5.16. The highest BCUT2D eigenvalue weighted by atomic mass is 16.5. The van der Waals surface area contributed by atoms with E-state index in [0.29, 0.717) is 5.75 Å². The van der Waals surface area contributed by atoms with Gasteiger partial charge < -0.3 is 9.84 Å². The SMILES string of the molecule is CCn1ncc(OC)c1C(O)CCC1CCCC1. The normalized spacial score (nSPS) is 18.2.